The predicted molar refractivity (Wildman–Crippen MR) is 77.3 cm³/mol. The Labute approximate surface area is 118 Å². The highest BCUT2D eigenvalue weighted by Gasteiger charge is 2.14. The van der Waals surface area contributed by atoms with E-state index < -0.39 is 0 Å². The van der Waals surface area contributed by atoms with Crippen molar-refractivity contribution < 1.29 is 4.74 Å². The molecule has 0 aliphatic heterocycles. The van der Waals surface area contributed by atoms with E-state index in [-0.39, 0.29) is 0 Å². The van der Waals surface area contributed by atoms with Gasteiger partial charge in [-0.25, -0.2) is 0 Å². The highest BCUT2D eigenvalue weighted by atomic mass is 127. The monoisotopic (exact) mass is 363 g/mol. The molecule has 0 aliphatic rings. The first kappa shape index (κ1) is 12.5. The van der Waals surface area contributed by atoms with Gasteiger partial charge < -0.3 is 10.5 Å². The number of nitrogens with two attached hydrogens (primary N) is 1. The van der Waals surface area contributed by atoms with E-state index in [2.05, 4.69) is 32.8 Å². The molecule has 0 spiro atoms. The fraction of sp³-hybridized carbons (Fsp3) is 0.182. The molecule has 0 bridgehead atoms. The summed E-state index contributed by atoms with van der Waals surface area (Å²) in [6.07, 6.45) is 0. The zero-order valence-corrected chi connectivity index (χ0v) is 12.0. The molecule has 0 aliphatic carbocycles. The summed E-state index contributed by atoms with van der Waals surface area (Å²) in [7, 11) is 0. The van der Waals surface area contributed by atoms with Crippen LogP contribution >= 0.6 is 34.2 Å². The van der Waals surface area contributed by atoms with E-state index in [4.69, 9.17) is 22.1 Å². The lowest BCUT2D eigenvalue weighted by Gasteiger charge is -2.09. The Hall–Kier alpha value is -0.950. The average molecular weight is 364 g/mol. The van der Waals surface area contributed by atoms with E-state index >= 15 is 0 Å². The minimum Gasteiger partial charge on any atom is -0.493 e. The number of H-pyrrole nitrogens is 1. The number of anilines is 1. The summed E-state index contributed by atoms with van der Waals surface area (Å²) < 4.78 is 6.43. The molecule has 6 heteroatoms. The van der Waals surface area contributed by atoms with Crippen LogP contribution in [0.15, 0.2) is 18.2 Å². The van der Waals surface area contributed by atoms with Gasteiger partial charge >= 0.3 is 0 Å². The SMILES string of the molecule is CCOc1ccc(Cl)cc1-c1[nH]nc(N)c1I. The Bertz CT molecular complexity index is 542. The lowest BCUT2D eigenvalue weighted by atomic mass is 10.1. The molecule has 0 radical (unpaired) electrons. The number of nitrogens with zero attached hydrogens (tertiary/aromatic N) is 1. The Morgan fingerprint density at radius 2 is 2.29 bits per heavy atom. The second-order valence-electron chi connectivity index (χ2n) is 3.37. The van der Waals surface area contributed by atoms with Gasteiger partial charge in [-0.05, 0) is 47.7 Å². The van der Waals surface area contributed by atoms with Crippen molar-refractivity contribution in [3.05, 3.63) is 26.8 Å². The van der Waals surface area contributed by atoms with E-state index in [0.717, 1.165) is 20.6 Å². The maximum absolute atomic E-state index is 6.00. The van der Waals surface area contributed by atoms with E-state index in [9.17, 15) is 0 Å². The van der Waals surface area contributed by atoms with Crippen LogP contribution in [0.25, 0.3) is 11.3 Å². The molecule has 1 aromatic carbocycles. The number of benzene rings is 1. The fourth-order valence-electron chi connectivity index (χ4n) is 1.50. The molecule has 2 aromatic rings. The first-order valence-electron chi connectivity index (χ1n) is 5.05. The van der Waals surface area contributed by atoms with Crippen molar-refractivity contribution in [2.45, 2.75) is 6.92 Å². The fourth-order valence-corrected chi connectivity index (χ4v) is 2.20. The Kier molecular flexibility index (Phi) is 3.78. The number of aromatic amines is 1. The number of halogens is 2. The average Bonchev–Trinajstić information content (AvgIpc) is 2.63. The van der Waals surface area contributed by atoms with Crippen molar-refractivity contribution >= 4 is 40.0 Å². The lowest BCUT2D eigenvalue weighted by Crippen LogP contribution is -1.95. The first-order chi connectivity index (χ1) is 8.13. The van der Waals surface area contributed by atoms with Gasteiger partial charge in [-0.15, -0.1) is 0 Å². The zero-order valence-electron chi connectivity index (χ0n) is 9.13. The van der Waals surface area contributed by atoms with E-state index in [1.165, 1.54) is 0 Å². The van der Waals surface area contributed by atoms with Gasteiger partial charge in [-0.1, -0.05) is 11.6 Å². The highest BCUT2D eigenvalue weighted by molar-refractivity contribution is 14.1. The number of nitrogen functional groups attached to an aromatic ring is 1. The molecular formula is C11H11ClIN3O. The largest absolute Gasteiger partial charge is 0.493 e. The molecule has 0 amide bonds. The van der Waals surface area contributed by atoms with Gasteiger partial charge in [-0.2, -0.15) is 5.10 Å². The molecule has 3 N–H and O–H groups in total. The smallest absolute Gasteiger partial charge is 0.159 e. The minimum atomic E-state index is 0.475. The second-order valence-corrected chi connectivity index (χ2v) is 4.89. The van der Waals surface area contributed by atoms with Crippen molar-refractivity contribution in [1.29, 1.82) is 0 Å². The molecule has 1 heterocycles. The Balaban J connectivity index is 2.56. The van der Waals surface area contributed by atoms with Crippen molar-refractivity contribution in [2.24, 2.45) is 0 Å². The Morgan fingerprint density at radius 1 is 1.53 bits per heavy atom. The summed E-state index contributed by atoms with van der Waals surface area (Å²) >= 11 is 8.15. The normalized spacial score (nSPS) is 10.5. The van der Waals surface area contributed by atoms with Crippen molar-refractivity contribution in [2.75, 3.05) is 12.3 Å². The van der Waals surface area contributed by atoms with Crippen molar-refractivity contribution in [3.8, 4) is 17.0 Å². The van der Waals surface area contributed by atoms with E-state index in [0.29, 0.717) is 17.4 Å². The number of nitrogens with one attached hydrogen (secondary N) is 1. The maximum atomic E-state index is 6.00. The van der Waals surface area contributed by atoms with Crippen LogP contribution in [0.3, 0.4) is 0 Å². The van der Waals surface area contributed by atoms with Crippen LogP contribution in [-0.4, -0.2) is 16.8 Å². The molecule has 0 saturated carbocycles. The van der Waals surface area contributed by atoms with Gasteiger partial charge in [0.1, 0.15) is 5.75 Å². The third kappa shape index (κ3) is 2.50. The summed E-state index contributed by atoms with van der Waals surface area (Å²) in [4.78, 5) is 0. The predicted octanol–water partition coefficient (Wildman–Crippen LogP) is 3.32. The third-order valence-electron chi connectivity index (χ3n) is 2.24. The minimum absolute atomic E-state index is 0.475. The molecule has 1 aromatic heterocycles. The molecular weight excluding hydrogens is 352 g/mol. The molecule has 0 fully saturated rings. The molecule has 17 heavy (non-hydrogen) atoms. The molecule has 0 atom stereocenters. The lowest BCUT2D eigenvalue weighted by molar-refractivity contribution is 0.341. The summed E-state index contributed by atoms with van der Waals surface area (Å²) in [5, 5.41) is 7.51. The standard InChI is InChI=1S/C11H11ClIN3O/c1-2-17-8-4-3-6(12)5-7(8)10-9(13)11(14)16-15-10/h3-5H,2H2,1H3,(H3,14,15,16). The van der Waals surface area contributed by atoms with Crippen LogP contribution < -0.4 is 10.5 Å². The van der Waals surface area contributed by atoms with Gasteiger partial charge in [0, 0.05) is 10.6 Å². The van der Waals surface area contributed by atoms with Gasteiger partial charge in [0.15, 0.2) is 5.82 Å². The van der Waals surface area contributed by atoms with Crippen molar-refractivity contribution in [1.82, 2.24) is 10.2 Å². The second kappa shape index (κ2) is 5.14. The quantitative estimate of drug-likeness (QED) is 0.822. The van der Waals surface area contributed by atoms with Crippen LogP contribution in [0.5, 0.6) is 5.75 Å². The third-order valence-corrected chi connectivity index (χ3v) is 3.57. The Morgan fingerprint density at radius 3 is 2.88 bits per heavy atom. The molecule has 2 rings (SSSR count). The number of ether oxygens (including phenoxy) is 1. The van der Waals surface area contributed by atoms with Crippen LogP contribution in [0.2, 0.25) is 5.02 Å². The highest BCUT2D eigenvalue weighted by Crippen LogP contribution is 2.35. The van der Waals surface area contributed by atoms with Crippen LogP contribution in [-0.2, 0) is 0 Å². The number of rotatable bonds is 3. The zero-order chi connectivity index (χ0) is 12.4. The molecule has 90 valence electrons. The van der Waals surface area contributed by atoms with Gasteiger partial charge in [0.2, 0.25) is 0 Å². The topological polar surface area (TPSA) is 63.9 Å². The first-order valence-corrected chi connectivity index (χ1v) is 6.51. The van der Waals surface area contributed by atoms with Gasteiger partial charge in [0.25, 0.3) is 0 Å². The van der Waals surface area contributed by atoms with Crippen LogP contribution in [0, 0.1) is 3.57 Å². The number of aromatic nitrogens is 2. The molecule has 4 nitrogen and oxygen atoms in total. The number of hydrogen-bond donors (Lipinski definition) is 2. The maximum Gasteiger partial charge on any atom is 0.159 e. The van der Waals surface area contributed by atoms with Crippen molar-refractivity contribution in [3.63, 3.8) is 0 Å². The molecule has 0 saturated heterocycles. The number of hydrogen-bond acceptors (Lipinski definition) is 3. The van der Waals surface area contributed by atoms with Gasteiger partial charge in [-0.3, -0.25) is 5.10 Å². The summed E-state index contributed by atoms with van der Waals surface area (Å²) in [5.74, 6) is 1.24. The van der Waals surface area contributed by atoms with Crippen LogP contribution in [0.1, 0.15) is 6.92 Å². The summed E-state index contributed by atoms with van der Waals surface area (Å²) in [5.41, 5.74) is 7.41. The summed E-state index contributed by atoms with van der Waals surface area (Å²) in [6, 6.07) is 5.47. The van der Waals surface area contributed by atoms with Gasteiger partial charge in [0.05, 0.1) is 15.9 Å². The van der Waals surface area contributed by atoms with Crippen LogP contribution in [0.4, 0.5) is 5.82 Å². The molecule has 0 unspecified atom stereocenters. The summed E-state index contributed by atoms with van der Waals surface area (Å²) in [6.45, 7) is 2.53. The van der Waals surface area contributed by atoms with E-state index in [1.807, 2.05) is 19.1 Å². The van der Waals surface area contributed by atoms with E-state index in [1.54, 1.807) is 6.07 Å².